The fourth-order valence-corrected chi connectivity index (χ4v) is 5.13. The third kappa shape index (κ3) is 3.29. The minimum atomic E-state index is -0.242. The fraction of sp³-hybridized carbons (Fsp3) is 0.588. The zero-order chi connectivity index (χ0) is 18.8. The average molecular weight is 397 g/mol. The second-order valence-electron chi connectivity index (χ2n) is 6.16. The lowest BCUT2D eigenvalue weighted by atomic mass is 10.2. The quantitative estimate of drug-likeness (QED) is 0.725. The number of urea groups is 1. The summed E-state index contributed by atoms with van der Waals surface area (Å²) in [7, 11) is 0. The number of fused-ring (bicyclic) bond motifs is 1. The lowest BCUT2D eigenvalue weighted by Crippen LogP contribution is -2.39. The molecule has 3 rings (SSSR count). The van der Waals surface area contributed by atoms with E-state index in [1.165, 1.54) is 15.9 Å². The van der Waals surface area contributed by atoms with Gasteiger partial charge in [0.1, 0.15) is 4.83 Å². The Kier molecular flexibility index (Phi) is 5.76. The van der Waals surface area contributed by atoms with Crippen molar-refractivity contribution in [3.63, 3.8) is 0 Å². The van der Waals surface area contributed by atoms with Crippen LogP contribution in [0.3, 0.4) is 0 Å². The van der Waals surface area contributed by atoms with Crippen LogP contribution in [0.5, 0.6) is 0 Å². The van der Waals surface area contributed by atoms with Crippen LogP contribution in [0.2, 0.25) is 0 Å². The highest BCUT2D eigenvalue weighted by molar-refractivity contribution is 7.99. The Labute approximate surface area is 160 Å². The second kappa shape index (κ2) is 7.87. The summed E-state index contributed by atoms with van der Waals surface area (Å²) in [6.45, 7) is 8.53. The van der Waals surface area contributed by atoms with Crippen molar-refractivity contribution in [2.75, 3.05) is 24.6 Å². The monoisotopic (exact) mass is 396 g/mol. The summed E-state index contributed by atoms with van der Waals surface area (Å²) < 4.78 is 3.04. The van der Waals surface area contributed by atoms with Crippen LogP contribution < -0.4 is 16.6 Å². The number of nitrogens with one attached hydrogen (secondary N) is 1. The molecule has 0 aliphatic carbocycles. The predicted octanol–water partition coefficient (Wildman–Crippen LogP) is 1.83. The van der Waals surface area contributed by atoms with Crippen molar-refractivity contribution < 1.29 is 4.79 Å². The molecule has 1 fully saturated rings. The maximum absolute atomic E-state index is 12.9. The number of thioether (sulfide) groups is 1. The van der Waals surface area contributed by atoms with Crippen LogP contribution in [0, 0.1) is 6.92 Å². The lowest BCUT2D eigenvalue weighted by Gasteiger charge is -2.12. The third-order valence-corrected chi connectivity index (χ3v) is 6.83. The van der Waals surface area contributed by atoms with Crippen LogP contribution in [0.4, 0.5) is 4.79 Å². The van der Waals surface area contributed by atoms with Crippen LogP contribution in [0.15, 0.2) is 9.59 Å². The Balaban J connectivity index is 2.12. The number of aromatic nitrogens is 2. The molecule has 0 spiro atoms. The number of rotatable bonds is 7. The van der Waals surface area contributed by atoms with E-state index in [2.05, 4.69) is 12.2 Å². The smallest absolute Gasteiger partial charge is 0.332 e. The van der Waals surface area contributed by atoms with Gasteiger partial charge in [-0.05, 0) is 25.2 Å². The van der Waals surface area contributed by atoms with E-state index < -0.39 is 0 Å². The molecule has 2 amide bonds. The first-order valence-electron chi connectivity index (χ1n) is 8.85. The van der Waals surface area contributed by atoms with Crippen molar-refractivity contribution in [1.29, 1.82) is 0 Å². The number of amides is 2. The van der Waals surface area contributed by atoms with E-state index in [-0.39, 0.29) is 17.3 Å². The van der Waals surface area contributed by atoms with Crippen molar-refractivity contribution in [3.8, 4) is 0 Å². The highest BCUT2D eigenvalue weighted by Gasteiger charge is 2.24. The van der Waals surface area contributed by atoms with Gasteiger partial charge in [0.05, 0.1) is 11.9 Å². The molecule has 0 atom stereocenters. The summed E-state index contributed by atoms with van der Waals surface area (Å²) in [5, 5.41) is 3.41. The molecule has 142 valence electrons. The Morgan fingerprint density at radius 1 is 1.19 bits per heavy atom. The van der Waals surface area contributed by atoms with Gasteiger partial charge >= 0.3 is 11.7 Å². The second-order valence-corrected chi connectivity index (χ2v) is 8.64. The van der Waals surface area contributed by atoms with Crippen LogP contribution in [-0.2, 0) is 19.6 Å². The summed E-state index contributed by atoms with van der Waals surface area (Å²) in [6.07, 6.45) is 0. The van der Waals surface area contributed by atoms with E-state index >= 15 is 0 Å². The van der Waals surface area contributed by atoms with Crippen LogP contribution in [-0.4, -0.2) is 44.7 Å². The number of nitrogens with zero attached hydrogens (tertiary/aromatic N) is 3. The van der Waals surface area contributed by atoms with Crippen LogP contribution in [0.25, 0.3) is 10.2 Å². The van der Waals surface area contributed by atoms with Crippen molar-refractivity contribution >= 4 is 39.3 Å². The molecule has 0 saturated carbocycles. The Hall–Kier alpha value is -1.74. The zero-order valence-electron chi connectivity index (χ0n) is 15.3. The number of aryl methyl sites for hydroxylation is 2. The van der Waals surface area contributed by atoms with Gasteiger partial charge in [-0.1, -0.05) is 6.92 Å². The molecule has 3 heterocycles. The molecule has 1 N–H and O–H groups in total. The van der Waals surface area contributed by atoms with E-state index in [0.29, 0.717) is 38.1 Å². The molecule has 1 aliphatic rings. The minimum absolute atomic E-state index is 0.0791. The molecule has 0 bridgehead atoms. The van der Waals surface area contributed by atoms with Gasteiger partial charge in [-0.3, -0.25) is 13.9 Å². The zero-order valence-corrected chi connectivity index (χ0v) is 17.0. The van der Waals surface area contributed by atoms with E-state index in [1.54, 1.807) is 21.2 Å². The Morgan fingerprint density at radius 2 is 1.96 bits per heavy atom. The summed E-state index contributed by atoms with van der Waals surface area (Å²) in [4.78, 5) is 41.0. The van der Waals surface area contributed by atoms with Crippen LogP contribution >= 0.6 is 23.1 Å². The number of carbonyl (C=O) groups is 1. The molecule has 2 aromatic rings. The summed E-state index contributed by atoms with van der Waals surface area (Å²) in [5.41, 5.74) is 0.417. The molecular formula is C17H24N4O3S2. The van der Waals surface area contributed by atoms with Crippen molar-refractivity contribution in [2.24, 2.45) is 0 Å². The highest BCUT2D eigenvalue weighted by Crippen LogP contribution is 2.29. The fourth-order valence-electron chi connectivity index (χ4n) is 3.20. The van der Waals surface area contributed by atoms with Gasteiger partial charge in [0.15, 0.2) is 0 Å². The van der Waals surface area contributed by atoms with Gasteiger partial charge in [0.25, 0.3) is 5.56 Å². The van der Waals surface area contributed by atoms with Gasteiger partial charge in [0.2, 0.25) is 0 Å². The average Bonchev–Trinajstić information content (AvgIpc) is 3.16. The maximum atomic E-state index is 12.9. The minimum Gasteiger partial charge on any atom is -0.336 e. The third-order valence-electron chi connectivity index (χ3n) is 4.65. The summed E-state index contributed by atoms with van der Waals surface area (Å²) >= 11 is 3.24. The van der Waals surface area contributed by atoms with E-state index in [1.807, 2.05) is 13.8 Å². The molecule has 0 radical (unpaired) electrons. The van der Waals surface area contributed by atoms with Gasteiger partial charge in [-0.25, -0.2) is 9.59 Å². The van der Waals surface area contributed by atoms with Gasteiger partial charge < -0.3 is 10.2 Å². The molecule has 0 unspecified atom stereocenters. The molecule has 1 saturated heterocycles. The lowest BCUT2D eigenvalue weighted by molar-refractivity contribution is 0.216. The first-order chi connectivity index (χ1) is 12.5. The standard InChI is InChI=1S/C17H24N4O3S2/c1-4-20-14(22)13-11(3)12(10-19-7-6-18-16(19)23)26-15(13)21(17(20)24)8-9-25-5-2/h4-10H2,1-3H3,(H,18,23). The number of hydrogen-bond donors (Lipinski definition) is 1. The molecule has 9 heteroatoms. The Morgan fingerprint density at radius 3 is 2.58 bits per heavy atom. The first kappa shape index (κ1) is 19.0. The van der Waals surface area contributed by atoms with Crippen molar-refractivity contribution in [2.45, 2.75) is 40.4 Å². The van der Waals surface area contributed by atoms with Crippen LogP contribution in [0.1, 0.15) is 24.3 Å². The van der Waals surface area contributed by atoms with E-state index in [0.717, 1.165) is 26.8 Å². The number of hydrogen-bond acceptors (Lipinski definition) is 5. The topological polar surface area (TPSA) is 76.3 Å². The maximum Gasteiger partial charge on any atom is 0.332 e. The normalized spacial score (nSPS) is 14.4. The highest BCUT2D eigenvalue weighted by atomic mass is 32.2. The van der Waals surface area contributed by atoms with Gasteiger partial charge in [-0.2, -0.15) is 11.8 Å². The SMILES string of the molecule is CCSCCn1c(=O)n(CC)c(=O)c2c(C)c(CN3CCNC3=O)sc21. The molecule has 0 aromatic carbocycles. The van der Waals surface area contributed by atoms with Crippen molar-refractivity contribution in [1.82, 2.24) is 19.4 Å². The molecular weight excluding hydrogens is 372 g/mol. The molecule has 26 heavy (non-hydrogen) atoms. The van der Waals surface area contributed by atoms with E-state index in [4.69, 9.17) is 0 Å². The molecule has 2 aromatic heterocycles. The summed E-state index contributed by atoms with van der Waals surface area (Å²) in [5.74, 6) is 1.82. The van der Waals surface area contributed by atoms with Gasteiger partial charge in [-0.15, -0.1) is 11.3 Å². The largest absolute Gasteiger partial charge is 0.336 e. The Bertz CT molecular complexity index is 944. The first-order valence-corrected chi connectivity index (χ1v) is 10.8. The summed E-state index contributed by atoms with van der Waals surface area (Å²) in [6, 6.07) is -0.0791. The molecule has 1 aliphatic heterocycles. The van der Waals surface area contributed by atoms with E-state index in [9.17, 15) is 14.4 Å². The van der Waals surface area contributed by atoms with Crippen molar-refractivity contribution in [3.05, 3.63) is 31.3 Å². The molecule has 7 nitrogen and oxygen atoms in total. The van der Waals surface area contributed by atoms with Gasteiger partial charge in [0, 0.05) is 36.8 Å². The predicted molar refractivity (Wildman–Crippen MR) is 108 cm³/mol. The number of thiophene rings is 1. The number of carbonyl (C=O) groups excluding carboxylic acids is 1.